The number of anilines is 1. The molecular weight excluding hydrogens is 450 g/mol. The fraction of sp³-hybridized carbons (Fsp3) is 0.167. The Morgan fingerprint density at radius 1 is 0.806 bits per heavy atom. The highest BCUT2D eigenvalue weighted by molar-refractivity contribution is 6.05. The van der Waals surface area contributed by atoms with Gasteiger partial charge in [-0.25, -0.2) is 0 Å². The standard InChI is InChI=1S/C30H29N3O3/c1-21-9-6-7-12-26(21)28(34)32-24-16-18-25(19-17-24)33-20-8-13-27(30(33)36)29(35)31-22(2)14-15-23-10-4-3-5-11-23/h3-13,16-20,22H,14-15H2,1-2H3,(H,31,35)(H,32,34)/t22-/m1/s1. The molecule has 3 aromatic carbocycles. The third kappa shape index (κ3) is 5.96. The van der Waals surface area contributed by atoms with Crippen LogP contribution < -0.4 is 16.2 Å². The molecule has 0 fully saturated rings. The summed E-state index contributed by atoms with van der Waals surface area (Å²) in [7, 11) is 0. The molecule has 0 aliphatic heterocycles. The Bertz CT molecular complexity index is 1410. The first-order valence-electron chi connectivity index (χ1n) is 12.0. The lowest BCUT2D eigenvalue weighted by atomic mass is 10.1. The van der Waals surface area contributed by atoms with E-state index in [1.54, 1.807) is 42.6 Å². The molecule has 1 atom stereocenters. The summed E-state index contributed by atoms with van der Waals surface area (Å²) in [6.07, 6.45) is 3.24. The molecule has 6 nitrogen and oxygen atoms in total. The molecule has 0 aliphatic carbocycles. The van der Waals surface area contributed by atoms with E-state index < -0.39 is 11.5 Å². The van der Waals surface area contributed by atoms with E-state index in [0.29, 0.717) is 16.9 Å². The number of benzene rings is 3. The average Bonchev–Trinajstić information content (AvgIpc) is 2.89. The summed E-state index contributed by atoms with van der Waals surface area (Å²) >= 11 is 0. The van der Waals surface area contributed by atoms with Crippen molar-refractivity contribution >= 4 is 17.5 Å². The van der Waals surface area contributed by atoms with E-state index in [2.05, 4.69) is 22.8 Å². The number of aryl methyl sites for hydroxylation is 2. The van der Waals surface area contributed by atoms with Crippen molar-refractivity contribution in [2.45, 2.75) is 32.7 Å². The van der Waals surface area contributed by atoms with Crippen molar-refractivity contribution in [2.24, 2.45) is 0 Å². The summed E-state index contributed by atoms with van der Waals surface area (Å²) in [5.74, 6) is -0.588. The molecule has 0 unspecified atom stereocenters. The van der Waals surface area contributed by atoms with Gasteiger partial charge in [0.25, 0.3) is 17.4 Å². The van der Waals surface area contributed by atoms with E-state index in [-0.39, 0.29) is 17.5 Å². The van der Waals surface area contributed by atoms with Gasteiger partial charge in [0, 0.05) is 29.2 Å². The minimum atomic E-state index is -0.401. The maximum absolute atomic E-state index is 13.1. The summed E-state index contributed by atoms with van der Waals surface area (Å²) < 4.78 is 1.43. The van der Waals surface area contributed by atoms with E-state index in [9.17, 15) is 14.4 Å². The molecule has 36 heavy (non-hydrogen) atoms. The van der Waals surface area contributed by atoms with Gasteiger partial charge in [-0.2, -0.15) is 0 Å². The zero-order valence-electron chi connectivity index (χ0n) is 20.4. The summed E-state index contributed by atoms with van der Waals surface area (Å²) in [5, 5.41) is 5.81. The molecule has 0 saturated carbocycles. The van der Waals surface area contributed by atoms with Crippen LogP contribution in [0, 0.1) is 6.92 Å². The van der Waals surface area contributed by atoms with Crippen molar-refractivity contribution in [3.63, 3.8) is 0 Å². The topological polar surface area (TPSA) is 80.2 Å². The first-order valence-corrected chi connectivity index (χ1v) is 12.0. The number of aromatic nitrogens is 1. The number of carbonyl (C=O) groups is 2. The minimum absolute atomic E-state index is 0.0816. The van der Waals surface area contributed by atoms with Gasteiger partial charge in [0.2, 0.25) is 0 Å². The molecule has 1 aromatic heterocycles. The smallest absolute Gasteiger partial charge is 0.267 e. The van der Waals surface area contributed by atoms with Crippen LogP contribution in [0.15, 0.2) is 102 Å². The maximum Gasteiger partial charge on any atom is 0.267 e. The van der Waals surface area contributed by atoms with Crippen molar-refractivity contribution in [1.29, 1.82) is 0 Å². The van der Waals surface area contributed by atoms with Crippen LogP contribution in [-0.4, -0.2) is 22.4 Å². The predicted octanol–water partition coefficient (Wildman–Crippen LogP) is 5.15. The van der Waals surface area contributed by atoms with Crippen molar-refractivity contribution in [3.8, 4) is 5.69 Å². The van der Waals surface area contributed by atoms with Crippen LogP contribution >= 0.6 is 0 Å². The highest BCUT2D eigenvalue weighted by Gasteiger charge is 2.15. The van der Waals surface area contributed by atoms with Gasteiger partial charge in [0.1, 0.15) is 5.56 Å². The van der Waals surface area contributed by atoms with Gasteiger partial charge in [0.05, 0.1) is 0 Å². The monoisotopic (exact) mass is 479 g/mol. The van der Waals surface area contributed by atoms with Crippen LogP contribution in [-0.2, 0) is 6.42 Å². The fourth-order valence-electron chi connectivity index (χ4n) is 4.00. The van der Waals surface area contributed by atoms with Crippen molar-refractivity contribution in [1.82, 2.24) is 9.88 Å². The van der Waals surface area contributed by atoms with E-state index in [1.807, 2.05) is 50.2 Å². The van der Waals surface area contributed by atoms with Crippen LogP contribution in [0.1, 0.15) is 45.2 Å². The fourth-order valence-corrected chi connectivity index (χ4v) is 4.00. The Morgan fingerprint density at radius 2 is 1.47 bits per heavy atom. The van der Waals surface area contributed by atoms with Gasteiger partial charge in [-0.15, -0.1) is 0 Å². The molecule has 4 aromatic rings. The van der Waals surface area contributed by atoms with Gasteiger partial charge in [-0.05, 0) is 80.3 Å². The lowest BCUT2D eigenvalue weighted by Crippen LogP contribution is -2.37. The zero-order valence-corrected chi connectivity index (χ0v) is 20.4. The van der Waals surface area contributed by atoms with Gasteiger partial charge in [0.15, 0.2) is 0 Å². The molecular formula is C30H29N3O3. The van der Waals surface area contributed by atoms with Crippen LogP contribution in [0.4, 0.5) is 5.69 Å². The largest absolute Gasteiger partial charge is 0.349 e. The first kappa shape index (κ1) is 24.7. The highest BCUT2D eigenvalue weighted by atomic mass is 16.2. The molecule has 0 saturated heterocycles. The SMILES string of the molecule is Cc1ccccc1C(=O)Nc1ccc(-n2cccc(C(=O)N[C@H](C)CCc3ccccc3)c2=O)cc1. The number of nitrogens with one attached hydrogen (secondary N) is 2. The second kappa shape index (κ2) is 11.3. The Balaban J connectivity index is 1.43. The number of carbonyl (C=O) groups excluding carboxylic acids is 2. The molecule has 2 N–H and O–H groups in total. The molecule has 4 rings (SSSR count). The normalized spacial score (nSPS) is 11.5. The van der Waals surface area contributed by atoms with Crippen LogP contribution in [0.25, 0.3) is 5.69 Å². The Hall–Kier alpha value is -4.45. The molecule has 1 heterocycles. The molecule has 6 heteroatoms. The Labute approximate surface area is 210 Å². The van der Waals surface area contributed by atoms with E-state index in [4.69, 9.17) is 0 Å². The quantitative estimate of drug-likeness (QED) is 0.367. The maximum atomic E-state index is 13.1. The number of amides is 2. The summed E-state index contributed by atoms with van der Waals surface area (Å²) in [6.45, 7) is 3.82. The number of rotatable bonds is 8. The summed E-state index contributed by atoms with van der Waals surface area (Å²) in [4.78, 5) is 38.5. The van der Waals surface area contributed by atoms with Crippen molar-refractivity contribution in [3.05, 3.63) is 130 Å². The van der Waals surface area contributed by atoms with Crippen LogP contribution in [0.5, 0.6) is 0 Å². The Morgan fingerprint density at radius 3 is 2.19 bits per heavy atom. The highest BCUT2D eigenvalue weighted by Crippen LogP contribution is 2.15. The number of hydrogen-bond donors (Lipinski definition) is 2. The Kier molecular flexibility index (Phi) is 7.75. The lowest BCUT2D eigenvalue weighted by molar-refractivity contribution is 0.0935. The number of pyridine rings is 1. The number of hydrogen-bond acceptors (Lipinski definition) is 3. The second-order valence-electron chi connectivity index (χ2n) is 8.81. The summed E-state index contributed by atoms with van der Waals surface area (Å²) in [5.41, 5.74) is 3.60. The zero-order chi connectivity index (χ0) is 25.5. The van der Waals surface area contributed by atoms with E-state index in [0.717, 1.165) is 18.4 Å². The average molecular weight is 480 g/mol. The first-order chi connectivity index (χ1) is 17.4. The molecule has 0 spiro atoms. The third-order valence-electron chi connectivity index (χ3n) is 6.07. The molecule has 0 radical (unpaired) electrons. The van der Waals surface area contributed by atoms with Crippen molar-refractivity contribution in [2.75, 3.05) is 5.32 Å². The van der Waals surface area contributed by atoms with Crippen LogP contribution in [0.3, 0.4) is 0 Å². The molecule has 0 bridgehead atoms. The minimum Gasteiger partial charge on any atom is -0.349 e. The summed E-state index contributed by atoms with van der Waals surface area (Å²) in [6, 6.07) is 27.5. The molecule has 0 aliphatic rings. The third-order valence-corrected chi connectivity index (χ3v) is 6.07. The number of nitrogens with zero attached hydrogens (tertiary/aromatic N) is 1. The molecule has 2 amide bonds. The second-order valence-corrected chi connectivity index (χ2v) is 8.81. The lowest BCUT2D eigenvalue weighted by Gasteiger charge is -2.15. The van der Waals surface area contributed by atoms with Gasteiger partial charge in [-0.3, -0.25) is 19.0 Å². The van der Waals surface area contributed by atoms with Gasteiger partial charge in [-0.1, -0.05) is 48.5 Å². The van der Waals surface area contributed by atoms with E-state index in [1.165, 1.54) is 16.2 Å². The van der Waals surface area contributed by atoms with Crippen molar-refractivity contribution < 1.29 is 9.59 Å². The predicted molar refractivity (Wildman–Crippen MR) is 143 cm³/mol. The van der Waals surface area contributed by atoms with E-state index >= 15 is 0 Å². The van der Waals surface area contributed by atoms with Gasteiger partial charge >= 0.3 is 0 Å². The molecule has 182 valence electrons. The van der Waals surface area contributed by atoms with Gasteiger partial charge < -0.3 is 10.6 Å². The van der Waals surface area contributed by atoms with Crippen LogP contribution in [0.2, 0.25) is 0 Å².